The molecule has 4 nitrogen and oxygen atoms in total. The second-order valence-electron chi connectivity index (χ2n) is 5.60. The van der Waals surface area contributed by atoms with Crippen molar-refractivity contribution >= 4 is 11.6 Å². The van der Waals surface area contributed by atoms with Gasteiger partial charge in [-0.1, -0.05) is 42.1 Å². The standard InChI is InChI=1S/C15H18ClN3O/c1-10-5-6-11(16)9-12(10)13-18-14(19-20-13)15(17)7-3-2-4-8-15/h5-6,9H,2-4,7-8,17H2,1H3. The molecular weight excluding hydrogens is 274 g/mol. The zero-order chi connectivity index (χ0) is 14.2. The van der Waals surface area contributed by atoms with Crippen LogP contribution in [-0.4, -0.2) is 10.1 Å². The van der Waals surface area contributed by atoms with Crippen LogP contribution in [0.5, 0.6) is 0 Å². The summed E-state index contributed by atoms with van der Waals surface area (Å²) in [5, 5.41) is 4.76. The molecule has 106 valence electrons. The first-order chi connectivity index (χ1) is 9.58. The number of benzene rings is 1. The monoisotopic (exact) mass is 291 g/mol. The van der Waals surface area contributed by atoms with Crippen molar-refractivity contribution in [3.05, 3.63) is 34.6 Å². The first-order valence-electron chi connectivity index (χ1n) is 6.98. The van der Waals surface area contributed by atoms with E-state index in [1.165, 1.54) is 6.42 Å². The Balaban J connectivity index is 1.95. The zero-order valence-electron chi connectivity index (χ0n) is 11.5. The van der Waals surface area contributed by atoms with Crippen molar-refractivity contribution in [2.24, 2.45) is 5.73 Å². The summed E-state index contributed by atoms with van der Waals surface area (Å²) >= 11 is 6.04. The zero-order valence-corrected chi connectivity index (χ0v) is 12.3. The first kappa shape index (κ1) is 13.6. The lowest BCUT2D eigenvalue weighted by molar-refractivity contribution is 0.275. The molecular formula is C15H18ClN3O. The van der Waals surface area contributed by atoms with E-state index in [9.17, 15) is 0 Å². The molecule has 1 aromatic heterocycles. The molecule has 1 saturated carbocycles. The van der Waals surface area contributed by atoms with Gasteiger partial charge in [0.2, 0.25) is 0 Å². The number of aryl methyl sites for hydroxylation is 1. The van der Waals surface area contributed by atoms with E-state index < -0.39 is 5.54 Å². The van der Waals surface area contributed by atoms with Gasteiger partial charge >= 0.3 is 0 Å². The van der Waals surface area contributed by atoms with Gasteiger partial charge < -0.3 is 10.3 Å². The Morgan fingerprint density at radius 2 is 2.00 bits per heavy atom. The molecule has 1 aliphatic carbocycles. The minimum Gasteiger partial charge on any atom is -0.334 e. The summed E-state index contributed by atoms with van der Waals surface area (Å²) in [6, 6.07) is 5.64. The molecule has 2 aromatic rings. The minimum absolute atomic E-state index is 0.438. The molecule has 0 atom stereocenters. The van der Waals surface area contributed by atoms with Crippen LogP contribution >= 0.6 is 11.6 Å². The number of rotatable bonds is 2. The molecule has 1 aromatic carbocycles. The van der Waals surface area contributed by atoms with E-state index in [4.69, 9.17) is 21.9 Å². The second kappa shape index (κ2) is 5.19. The van der Waals surface area contributed by atoms with E-state index in [2.05, 4.69) is 10.1 Å². The van der Waals surface area contributed by atoms with Gasteiger partial charge in [-0.3, -0.25) is 0 Å². The smallest absolute Gasteiger partial charge is 0.258 e. The lowest BCUT2D eigenvalue weighted by Crippen LogP contribution is -2.39. The van der Waals surface area contributed by atoms with Crippen molar-refractivity contribution < 1.29 is 4.52 Å². The molecule has 0 amide bonds. The predicted molar refractivity (Wildman–Crippen MR) is 78.4 cm³/mol. The van der Waals surface area contributed by atoms with E-state index in [0.717, 1.165) is 36.8 Å². The average Bonchev–Trinajstić information content (AvgIpc) is 2.93. The maximum absolute atomic E-state index is 6.43. The van der Waals surface area contributed by atoms with Crippen LogP contribution < -0.4 is 5.73 Å². The number of aromatic nitrogens is 2. The molecule has 0 spiro atoms. The minimum atomic E-state index is -0.438. The van der Waals surface area contributed by atoms with Crippen LogP contribution in [0.25, 0.3) is 11.5 Å². The van der Waals surface area contributed by atoms with E-state index in [0.29, 0.717) is 16.7 Å². The fraction of sp³-hybridized carbons (Fsp3) is 0.467. The molecule has 0 radical (unpaired) electrons. The average molecular weight is 292 g/mol. The molecule has 3 rings (SSSR count). The van der Waals surface area contributed by atoms with Crippen molar-refractivity contribution in [3.63, 3.8) is 0 Å². The highest BCUT2D eigenvalue weighted by atomic mass is 35.5. The highest BCUT2D eigenvalue weighted by molar-refractivity contribution is 6.30. The fourth-order valence-corrected chi connectivity index (χ4v) is 2.94. The number of nitrogens with two attached hydrogens (primary N) is 1. The maximum atomic E-state index is 6.43. The molecule has 2 N–H and O–H groups in total. The highest BCUT2D eigenvalue weighted by Crippen LogP contribution is 2.34. The normalized spacial score (nSPS) is 18.1. The van der Waals surface area contributed by atoms with Gasteiger partial charge in [0.15, 0.2) is 5.82 Å². The highest BCUT2D eigenvalue weighted by Gasteiger charge is 2.34. The largest absolute Gasteiger partial charge is 0.334 e. The van der Waals surface area contributed by atoms with Gasteiger partial charge in [0, 0.05) is 10.6 Å². The molecule has 0 saturated heterocycles. The molecule has 0 unspecified atom stereocenters. The fourth-order valence-electron chi connectivity index (χ4n) is 2.77. The summed E-state index contributed by atoms with van der Waals surface area (Å²) in [7, 11) is 0. The molecule has 5 heteroatoms. The Labute approximate surface area is 123 Å². The van der Waals surface area contributed by atoms with Crippen LogP contribution in [0.2, 0.25) is 5.02 Å². The predicted octanol–water partition coefficient (Wildman–Crippen LogP) is 3.82. The van der Waals surface area contributed by atoms with E-state index >= 15 is 0 Å². The lowest BCUT2D eigenvalue weighted by atomic mass is 9.82. The van der Waals surface area contributed by atoms with Crippen molar-refractivity contribution in [1.82, 2.24) is 10.1 Å². The van der Waals surface area contributed by atoms with E-state index in [1.54, 1.807) is 0 Å². The SMILES string of the molecule is Cc1ccc(Cl)cc1-c1nc(C2(N)CCCCC2)no1. The number of nitrogens with zero attached hydrogens (tertiary/aromatic N) is 2. The molecule has 0 aliphatic heterocycles. The molecule has 1 heterocycles. The van der Waals surface area contributed by atoms with Crippen molar-refractivity contribution in [2.75, 3.05) is 0 Å². The van der Waals surface area contributed by atoms with E-state index in [-0.39, 0.29) is 0 Å². The Morgan fingerprint density at radius 3 is 2.75 bits per heavy atom. The first-order valence-corrected chi connectivity index (χ1v) is 7.36. The Hall–Kier alpha value is -1.39. The van der Waals surface area contributed by atoms with Crippen LogP contribution in [-0.2, 0) is 5.54 Å². The van der Waals surface area contributed by atoms with Gasteiger partial charge in [0.25, 0.3) is 5.89 Å². The Kier molecular flexibility index (Phi) is 3.52. The van der Waals surface area contributed by atoms with Gasteiger partial charge in [-0.15, -0.1) is 0 Å². The van der Waals surface area contributed by atoms with Gasteiger partial charge in [0.05, 0.1) is 5.54 Å². The number of hydrogen-bond donors (Lipinski definition) is 1. The van der Waals surface area contributed by atoms with Crippen LogP contribution in [0.15, 0.2) is 22.7 Å². The summed E-state index contributed by atoms with van der Waals surface area (Å²) in [6.45, 7) is 1.99. The van der Waals surface area contributed by atoms with Crippen molar-refractivity contribution in [2.45, 2.75) is 44.6 Å². The number of hydrogen-bond acceptors (Lipinski definition) is 4. The van der Waals surface area contributed by atoms with Gasteiger partial charge in [-0.05, 0) is 37.5 Å². The van der Waals surface area contributed by atoms with Crippen molar-refractivity contribution in [1.29, 1.82) is 0 Å². The van der Waals surface area contributed by atoms with Crippen LogP contribution in [0.4, 0.5) is 0 Å². The summed E-state index contributed by atoms with van der Waals surface area (Å²) < 4.78 is 5.41. The molecule has 1 aliphatic rings. The van der Waals surface area contributed by atoms with Crippen LogP contribution in [0.3, 0.4) is 0 Å². The molecule has 20 heavy (non-hydrogen) atoms. The summed E-state index contributed by atoms with van der Waals surface area (Å²) in [5.74, 6) is 1.11. The third-order valence-corrected chi connectivity index (χ3v) is 4.28. The molecule has 1 fully saturated rings. The topological polar surface area (TPSA) is 64.9 Å². The van der Waals surface area contributed by atoms with Gasteiger partial charge in [-0.25, -0.2) is 0 Å². The summed E-state index contributed by atoms with van der Waals surface area (Å²) in [4.78, 5) is 4.52. The van der Waals surface area contributed by atoms with Crippen LogP contribution in [0, 0.1) is 6.92 Å². The van der Waals surface area contributed by atoms with Crippen molar-refractivity contribution in [3.8, 4) is 11.5 Å². The molecule has 0 bridgehead atoms. The third kappa shape index (κ3) is 2.45. The van der Waals surface area contributed by atoms with Gasteiger partial charge in [0.1, 0.15) is 0 Å². The maximum Gasteiger partial charge on any atom is 0.258 e. The summed E-state index contributed by atoms with van der Waals surface area (Å²) in [5.41, 5.74) is 7.92. The summed E-state index contributed by atoms with van der Waals surface area (Å²) in [6.07, 6.45) is 5.31. The Bertz CT molecular complexity index is 617. The number of halogens is 1. The lowest BCUT2D eigenvalue weighted by Gasteiger charge is -2.29. The van der Waals surface area contributed by atoms with Gasteiger partial charge in [-0.2, -0.15) is 4.98 Å². The second-order valence-corrected chi connectivity index (χ2v) is 6.04. The quantitative estimate of drug-likeness (QED) is 0.913. The Morgan fingerprint density at radius 1 is 1.25 bits per heavy atom. The van der Waals surface area contributed by atoms with Crippen LogP contribution in [0.1, 0.15) is 43.5 Å². The van der Waals surface area contributed by atoms with E-state index in [1.807, 2.05) is 25.1 Å². The third-order valence-electron chi connectivity index (χ3n) is 4.05.